The van der Waals surface area contributed by atoms with Crippen molar-refractivity contribution >= 4 is 27.5 Å². The van der Waals surface area contributed by atoms with Crippen molar-refractivity contribution < 1.29 is 4.74 Å². The average molecular weight is 218 g/mol. The SMILES string of the molecule is C=Cc1sc2ccccc2c1OCCC. The van der Waals surface area contributed by atoms with E-state index in [-0.39, 0.29) is 0 Å². The molecule has 0 aliphatic heterocycles. The molecule has 2 heteroatoms. The van der Waals surface area contributed by atoms with Gasteiger partial charge in [0.15, 0.2) is 0 Å². The largest absolute Gasteiger partial charge is 0.491 e. The van der Waals surface area contributed by atoms with Crippen LogP contribution in [0.3, 0.4) is 0 Å². The van der Waals surface area contributed by atoms with Gasteiger partial charge in [-0.3, -0.25) is 0 Å². The number of hydrogen-bond donors (Lipinski definition) is 0. The van der Waals surface area contributed by atoms with Crippen molar-refractivity contribution in [2.24, 2.45) is 0 Å². The van der Waals surface area contributed by atoms with Crippen molar-refractivity contribution in [1.29, 1.82) is 0 Å². The fraction of sp³-hybridized carbons (Fsp3) is 0.231. The predicted octanol–water partition coefficient (Wildman–Crippen LogP) is 4.33. The Morgan fingerprint density at radius 2 is 2.20 bits per heavy atom. The van der Waals surface area contributed by atoms with E-state index in [2.05, 4.69) is 31.7 Å². The van der Waals surface area contributed by atoms with E-state index in [9.17, 15) is 0 Å². The molecule has 1 aromatic carbocycles. The number of rotatable bonds is 4. The van der Waals surface area contributed by atoms with Gasteiger partial charge in [-0.25, -0.2) is 0 Å². The molecule has 78 valence electrons. The van der Waals surface area contributed by atoms with Crippen LogP contribution < -0.4 is 4.74 Å². The molecule has 2 aromatic rings. The molecule has 0 spiro atoms. The summed E-state index contributed by atoms with van der Waals surface area (Å²) in [5, 5.41) is 1.20. The number of benzene rings is 1. The van der Waals surface area contributed by atoms with Gasteiger partial charge in [0.25, 0.3) is 0 Å². The number of fused-ring (bicyclic) bond motifs is 1. The van der Waals surface area contributed by atoms with Crippen molar-refractivity contribution in [2.75, 3.05) is 6.61 Å². The second-order valence-electron chi connectivity index (χ2n) is 3.34. The van der Waals surface area contributed by atoms with Crippen LogP contribution in [0.25, 0.3) is 16.2 Å². The Labute approximate surface area is 94.0 Å². The molecule has 0 unspecified atom stereocenters. The molecule has 2 rings (SSSR count). The van der Waals surface area contributed by atoms with Crippen LogP contribution in [-0.4, -0.2) is 6.61 Å². The summed E-state index contributed by atoms with van der Waals surface area (Å²) in [6.07, 6.45) is 2.90. The smallest absolute Gasteiger partial charge is 0.145 e. The highest BCUT2D eigenvalue weighted by Crippen LogP contribution is 2.38. The number of thiophene rings is 1. The molecule has 0 N–H and O–H groups in total. The van der Waals surface area contributed by atoms with Gasteiger partial charge in [-0.05, 0) is 24.6 Å². The van der Waals surface area contributed by atoms with Crippen LogP contribution in [0.5, 0.6) is 5.75 Å². The molecule has 0 saturated carbocycles. The molecule has 0 saturated heterocycles. The van der Waals surface area contributed by atoms with Gasteiger partial charge in [0.1, 0.15) is 5.75 Å². The summed E-state index contributed by atoms with van der Waals surface area (Å²) >= 11 is 1.73. The topological polar surface area (TPSA) is 9.23 Å². The molecule has 0 bridgehead atoms. The number of hydrogen-bond acceptors (Lipinski definition) is 2. The molecular weight excluding hydrogens is 204 g/mol. The fourth-order valence-electron chi connectivity index (χ4n) is 1.53. The van der Waals surface area contributed by atoms with Crippen molar-refractivity contribution in [3.63, 3.8) is 0 Å². The van der Waals surface area contributed by atoms with Crippen LogP contribution in [0.2, 0.25) is 0 Å². The summed E-state index contributed by atoms with van der Waals surface area (Å²) in [7, 11) is 0. The molecule has 0 amide bonds. The minimum absolute atomic E-state index is 0.765. The third kappa shape index (κ3) is 1.90. The van der Waals surface area contributed by atoms with E-state index in [1.165, 1.54) is 10.1 Å². The summed E-state index contributed by atoms with van der Waals surface area (Å²) in [6.45, 7) is 6.70. The highest BCUT2D eigenvalue weighted by Gasteiger charge is 2.09. The van der Waals surface area contributed by atoms with Gasteiger partial charge in [-0.15, -0.1) is 11.3 Å². The van der Waals surface area contributed by atoms with E-state index < -0.39 is 0 Å². The molecule has 0 atom stereocenters. The summed E-state index contributed by atoms with van der Waals surface area (Å²) in [5.74, 6) is 0.993. The zero-order valence-corrected chi connectivity index (χ0v) is 9.64. The van der Waals surface area contributed by atoms with Gasteiger partial charge in [0.05, 0.1) is 11.5 Å². The molecule has 0 aliphatic carbocycles. The van der Waals surface area contributed by atoms with Gasteiger partial charge in [-0.2, -0.15) is 0 Å². The molecule has 1 aromatic heterocycles. The summed E-state index contributed by atoms with van der Waals surface area (Å²) in [4.78, 5) is 1.13. The molecular formula is C13H14OS. The highest BCUT2D eigenvalue weighted by molar-refractivity contribution is 7.20. The maximum absolute atomic E-state index is 5.77. The zero-order valence-electron chi connectivity index (χ0n) is 8.82. The van der Waals surface area contributed by atoms with Crippen molar-refractivity contribution in [2.45, 2.75) is 13.3 Å². The normalized spacial score (nSPS) is 10.5. The molecule has 0 fully saturated rings. The second-order valence-corrected chi connectivity index (χ2v) is 4.43. The Morgan fingerprint density at radius 1 is 1.40 bits per heavy atom. The minimum atomic E-state index is 0.765. The Kier molecular flexibility index (Phi) is 3.07. The Hall–Kier alpha value is -1.28. The minimum Gasteiger partial charge on any atom is -0.491 e. The van der Waals surface area contributed by atoms with E-state index >= 15 is 0 Å². The predicted molar refractivity (Wildman–Crippen MR) is 67.7 cm³/mol. The van der Waals surface area contributed by atoms with Crippen molar-refractivity contribution in [1.82, 2.24) is 0 Å². The van der Waals surface area contributed by atoms with E-state index in [1.54, 1.807) is 11.3 Å². The van der Waals surface area contributed by atoms with Gasteiger partial charge in [0, 0.05) is 10.1 Å². The first-order valence-corrected chi connectivity index (χ1v) is 5.95. The lowest BCUT2D eigenvalue weighted by atomic mass is 10.2. The van der Waals surface area contributed by atoms with Gasteiger partial charge in [0.2, 0.25) is 0 Å². The van der Waals surface area contributed by atoms with E-state index in [0.29, 0.717) is 0 Å². The molecule has 15 heavy (non-hydrogen) atoms. The standard InChI is InChI=1S/C13H14OS/c1-3-9-14-13-10-7-5-6-8-12(10)15-11(13)4-2/h4-8H,2-3,9H2,1H3. The second kappa shape index (κ2) is 4.49. The monoisotopic (exact) mass is 218 g/mol. The summed E-state index contributed by atoms with van der Waals surface area (Å²) in [5.41, 5.74) is 0. The molecule has 1 nitrogen and oxygen atoms in total. The first kappa shape index (κ1) is 10.2. The fourth-order valence-corrected chi connectivity index (χ4v) is 2.53. The van der Waals surface area contributed by atoms with Crippen molar-refractivity contribution in [3.8, 4) is 5.75 Å². The highest BCUT2D eigenvalue weighted by atomic mass is 32.1. The zero-order chi connectivity index (χ0) is 10.7. The molecule has 1 heterocycles. The van der Waals surface area contributed by atoms with E-state index in [1.807, 2.05) is 12.1 Å². The van der Waals surface area contributed by atoms with Crippen LogP contribution in [0.1, 0.15) is 18.2 Å². The van der Waals surface area contributed by atoms with E-state index in [0.717, 1.165) is 23.7 Å². The molecule has 0 radical (unpaired) electrons. The van der Waals surface area contributed by atoms with Gasteiger partial charge in [-0.1, -0.05) is 25.6 Å². The Bertz CT molecular complexity index is 470. The quantitative estimate of drug-likeness (QED) is 0.742. The lowest BCUT2D eigenvalue weighted by Gasteiger charge is -2.03. The Morgan fingerprint density at radius 3 is 2.93 bits per heavy atom. The maximum atomic E-state index is 5.77. The van der Waals surface area contributed by atoms with Crippen LogP contribution >= 0.6 is 11.3 Å². The van der Waals surface area contributed by atoms with E-state index in [4.69, 9.17) is 4.74 Å². The molecule has 0 aliphatic rings. The first-order chi connectivity index (χ1) is 7.36. The van der Waals surface area contributed by atoms with Crippen LogP contribution in [0.15, 0.2) is 30.8 Å². The van der Waals surface area contributed by atoms with Gasteiger partial charge < -0.3 is 4.74 Å². The van der Waals surface area contributed by atoms with Crippen LogP contribution in [-0.2, 0) is 0 Å². The lowest BCUT2D eigenvalue weighted by molar-refractivity contribution is 0.321. The summed E-state index contributed by atoms with van der Waals surface area (Å²) < 4.78 is 7.03. The van der Waals surface area contributed by atoms with Crippen molar-refractivity contribution in [3.05, 3.63) is 35.7 Å². The average Bonchev–Trinajstić information content (AvgIpc) is 2.64. The van der Waals surface area contributed by atoms with Gasteiger partial charge >= 0.3 is 0 Å². The number of ether oxygens (including phenoxy) is 1. The maximum Gasteiger partial charge on any atom is 0.145 e. The Balaban J connectivity index is 2.51. The van der Waals surface area contributed by atoms with Crippen LogP contribution in [0.4, 0.5) is 0 Å². The summed E-state index contributed by atoms with van der Waals surface area (Å²) in [6, 6.07) is 8.31. The van der Waals surface area contributed by atoms with Crippen LogP contribution in [0, 0.1) is 0 Å². The third-order valence-electron chi connectivity index (χ3n) is 2.21. The lowest BCUT2D eigenvalue weighted by Crippen LogP contribution is -1.94. The first-order valence-electron chi connectivity index (χ1n) is 5.13. The third-order valence-corrected chi connectivity index (χ3v) is 3.36.